The molecular formula is C11H18N2O4. The van der Waals surface area contributed by atoms with Crippen LogP contribution in [0.25, 0.3) is 0 Å². The van der Waals surface area contributed by atoms with Gasteiger partial charge in [-0.15, -0.1) is 0 Å². The predicted molar refractivity (Wildman–Crippen MR) is 57.6 cm³/mol. The van der Waals surface area contributed by atoms with Gasteiger partial charge in [-0.25, -0.2) is 0 Å². The first-order chi connectivity index (χ1) is 8.07. The van der Waals surface area contributed by atoms with Crippen molar-refractivity contribution in [2.45, 2.75) is 50.9 Å². The van der Waals surface area contributed by atoms with E-state index < -0.39 is 5.79 Å². The average molecular weight is 242 g/mol. The monoisotopic (exact) mass is 242 g/mol. The van der Waals surface area contributed by atoms with Crippen LogP contribution in [0.3, 0.4) is 0 Å². The van der Waals surface area contributed by atoms with Gasteiger partial charge >= 0.3 is 0 Å². The minimum atomic E-state index is -0.605. The summed E-state index contributed by atoms with van der Waals surface area (Å²) in [4.78, 5) is 19.0. The van der Waals surface area contributed by atoms with Gasteiger partial charge in [0, 0.05) is 13.0 Å². The molecule has 6 heteroatoms. The predicted octanol–water partition coefficient (Wildman–Crippen LogP) is -0.0102. The summed E-state index contributed by atoms with van der Waals surface area (Å²) in [6.07, 6.45) is 0.859. The summed E-state index contributed by atoms with van der Waals surface area (Å²) in [5.74, 6) is -0.475. The number of carbonyl (C=O) groups is 1. The van der Waals surface area contributed by atoms with Crippen LogP contribution in [-0.2, 0) is 19.1 Å². The molecule has 3 fully saturated rings. The van der Waals surface area contributed by atoms with Crippen LogP contribution in [0.5, 0.6) is 0 Å². The molecule has 0 radical (unpaired) electrons. The van der Waals surface area contributed by atoms with Gasteiger partial charge in [-0.3, -0.25) is 9.63 Å². The summed E-state index contributed by atoms with van der Waals surface area (Å²) in [6.45, 7) is 5.09. The number of ether oxygens (including phenoxy) is 2. The Morgan fingerprint density at radius 1 is 1.41 bits per heavy atom. The average Bonchev–Trinajstić information content (AvgIpc) is 2.78. The van der Waals surface area contributed by atoms with E-state index in [0.717, 1.165) is 13.0 Å². The van der Waals surface area contributed by atoms with Crippen LogP contribution in [0, 0.1) is 0 Å². The first-order valence-electron chi connectivity index (χ1n) is 6.10. The number of carbonyl (C=O) groups excluding carboxylic acids is 1. The van der Waals surface area contributed by atoms with Crippen LogP contribution in [0.1, 0.15) is 26.7 Å². The minimum absolute atomic E-state index is 0.0582. The van der Waals surface area contributed by atoms with Crippen molar-refractivity contribution < 1.29 is 19.1 Å². The molecule has 6 nitrogen and oxygen atoms in total. The van der Waals surface area contributed by atoms with E-state index in [1.165, 1.54) is 0 Å². The Balaban J connectivity index is 1.78. The first kappa shape index (κ1) is 11.4. The number of nitrogens with one attached hydrogen (secondary N) is 1. The molecule has 17 heavy (non-hydrogen) atoms. The zero-order chi connectivity index (χ0) is 12.0. The minimum Gasteiger partial charge on any atom is -0.343 e. The van der Waals surface area contributed by atoms with Crippen LogP contribution in [0.15, 0.2) is 0 Å². The second kappa shape index (κ2) is 3.91. The lowest BCUT2D eigenvalue weighted by Crippen LogP contribution is -2.58. The topological polar surface area (TPSA) is 60.0 Å². The van der Waals surface area contributed by atoms with Gasteiger partial charge in [0.05, 0.1) is 6.54 Å². The van der Waals surface area contributed by atoms with Crippen molar-refractivity contribution in [1.82, 2.24) is 10.4 Å². The highest BCUT2D eigenvalue weighted by Crippen LogP contribution is 2.34. The molecule has 3 heterocycles. The van der Waals surface area contributed by atoms with Crippen molar-refractivity contribution in [2.75, 3.05) is 13.1 Å². The van der Waals surface area contributed by atoms with E-state index in [1.807, 2.05) is 13.8 Å². The van der Waals surface area contributed by atoms with Gasteiger partial charge in [0.2, 0.25) is 5.91 Å². The Morgan fingerprint density at radius 3 is 2.94 bits per heavy atom. The number of hydroxylamine groups is 1. The second-order valence-corrected chi connectivity index (χ2v) is 5.19. The molecule has 0 aliphatic carbocycles. The fraction of sp³-hybridized carbons (Fsp3) is 0.909. The number of rotatable bonds is 1. The maximum absolute atomic E-state index is 11.7. The zero-order valence-corrected chi connectivity index (χ0v) is 10.1. The van der Waals surface area contributed by atoms with E-state index in [4.69, 9.17) is 14.3 Å². The molecule has 3 saturated heterocycles. The summed E-state index contributed by atoms with van der Waals surface area (Å²) in [6, 6.07) is 0. The maximum atomic E-state index is 11.7. The number of fused-ring (bicyclic) bond motifs is 1. The van der Waals surface area contributed by atoms with Crippen LogP contribution in [0.2, 0.25) is 0 Å². The van der Waals surface area contributed by atoms with Gasteiger partial charge in [0.25, 0.3) is 0 Å². The fourth-order valence-electron chi connectivity index (χ4n) is 2.72. The van der Waals surface area contributed by atoms with E-state index in [0.29, 0.717) is 13.0 Å². The number of likely N-dealkylation sites (tertiary alicyclic amines) is 1. The van der Waals surface area contributed by atoms with Crippen LogP contribution in [0.4, 0.5) is 0 Å². The Hall–Kier alpha value is -0.690. The Kier molecular flexibility index (Phi) is 2.62. The lowest BCUT2D eigenvalue weighted by Gasteiger charge is -2.36. The molecule has 1 N–H and O–H groups in total. The molecule has 0 aromatic carbocycles. The van der Waals surface area contributed by atoms with Crippen molar-refractivity contribution in [3.63, 3.8) is 0 Å². The Morgan fingerprint density at radius 2 is 2.24 bits per heavy atom. The van der Waals surface area contributed by atoms with E-state index in [1.54, 1.807) is 4.90 Å². The van der Waals surface area contributed by atoms with Gasteiger partial charge in [0.15, 0.2) is 12.0 Å². The molecule has 96 valence electrons. The summed E-state index contributed by atoms with van der Waals surface area (Å²) in [5, 5.41) is 0. The normalized spacial score (nSPS) is 40.7. The zero-order valence-electron chi connectivity index (χ0n) is 10.1. The molecular weight excluding hydrogens is 224 g/mol. The third-order valence-corrected chi connectivity index (χ3v) is 3.41. The second-order valence-electron chi connectivity index (χ2n) is 5.19. The van der Waals surface area contributed by atoms with Crippen molar-refractivity contribution in [3.05, 3.63) is 0 Å². The summed E-state index contributed by atoms with van der Waals surface area (Å²) in [7, 11) is 0. The third-order valence-electron chi connectivity index (χ3n) is 3.41. The Labute approximate surface area is 100 Å². The molecule has 0 unspecified atom stereocenters. The van der Waals surface area contributed by atoms with Crippen LogP contribution in [-0.4, -0.2) is 48.1 Å². The maximum Gasteiger partial charge on any atom is 0.224 e. The molecule has 3 atom stereocenters. The fourth-order valence-corrected chi connectivity index (χ4v) is 2.72. The third kappa shape index (κ3) is 1.95. The number of hydrogen-bond donors (Lipinski definition) is 1. The molecule has 0 aromatic rings. The van der Waals surface area contributed by atoms with Crippen LogP contribution >= 0.6 is 0 Å². The van der Waals surface area contributed by atoms with Gasteiger partial charge in [-0.05, 0) is 20.3 Å². The molecule has 1 amide bonds. The highest BCUT2D eigenvalue weighted by molar-refractivity contribution is 5.78. The van der Waals surface area contributed by atoms with E-state index in [2.05, 4.69) is 5.48 Å². The Bertz CT molecular complexity index is 333. The number of amides is 1. The standard InChI is InChI=1S/C11H18N2O4/c1-11(2)15-7-6-12-17-10(9(7)16-11)13-5-3-4-8(13)14/h7,9-10,12H,3-6H2,1-2H3/t7-,9-,10-/m0/s1. The lowest BCUT2D eigenvalue weighted by molar-refractivity contribution is -0.204. The molecule has 0 bridgehead atoms. The summed E-state index contributed by atoms with van der Waals surface area (Å²) < 4.78 is 11.6. The van der Waals surface area contributed by atoms with Crippen molar-refractivity contribution in [1.29, 1.82) is 0 Å². The molecule has 0 saturated carbocycles. The van der Waals surface area contributed by atoms with Crippen LogP contribution < -0.4 is 5.48 Å². The van der Waals surface area contributed by atoms with Gasteiger partial charge < -0.3 is 14.4 Å². The summed E-state index contributed by atoms with van der Waals surface area (Å²) in [5.41, 5.74) is 2.84. The van der Waals surface area contributed by atoms with Gasteiger partial charge in [-0.2, -0.15) is 5.48 Å². The van der Waals surface area contributed by atoms with Gasteiger partial charge in [0.1, 0.15) is 12.2 Å². The summed E-state index contributed by atoms with van der Waals surface area (Å²) >= 11 is 0. The first-order valence-corrected chi connectivity index (χ1v) is 6.10. The smallest absolute Gasteiger partial charge is 0.224 e. The molecule has 3 aliphatic rings. The number of hydrogen-bond acceptors (Lipinski definition) is 5. The lowest BCUT2D eigenvalue weighted by atomic mass is 10.1. The number of nitrogens with zero attached hydrogens (tertiary/aromatic N) is 1. The quantitative estimate of drug-likeness (QED) is 0.701. The SMILES string of the molecule is CC1(C)O[C@H]2[C@H](CNO[C@@H]2N2CCCC2=O)O1. The van der Waals surface area contributed by atoms with E-state index in [9.17, 15) is 4.79 Å². The van der Waals surface area contributed by atoms with E-state index >= 15 is 0 Å². The highest BCUT2D eigenvalue weighted by atomic mass is 16.8. The molecule has 3 rings (SSSR count). The molecule has 3 aliphatic heterocycles. The van der Waals surface area contributed by atoms with E-state index in [-0.39, 0.29) is 24.3 Å². The highest BCUT2D eigenvalue weighted by Gasteiger charge is 2.51. The molecule has 0 aromatic heterocycles. The van der Waals surface area contributed by atoms with Crippen molar-refractivity contribution in [2.24, 2.45) is 0 Å². The van der Waals surface area contributed by atoms with Gasteiger partial charge in [-0.1, -0.05) is 0 Å². The molecule has 0 spiro atoms. The largest absolute Gasteiger partial charge is 0.343 e. The van der Waals surface area contributed by atoms with Crippen molar-refractivity contribution in [3.8, 4) is 0 Å². The van der Waals surface area contributed by atoms with Crippen molar-refractivity contribution >= 4 is 5.91 Å².